The first kappa shape index (κ1) is 14.8. The first-order valence-corrected chi connectivity index (χ1v) is 7.99. The number of methoxy groups -OCH3 is 1. The van der Waals surface area contributed by atoms with Crippen LogP contribution in [0.1, 0.15) is 24.4 Å². The van der Waals surface area contributed by atoms with Crippen LogP contribution < -0.4 is 15.0 Å². The van der Waals surface area contributed by atoms with Crippen LogP contribution in [0.3, 0.4) is 0 Å². The summed E-state index contributed by atoms with van der Waals surface area (Å²) in [5.41, 5.74) is 1.02. The molecule has 24 heavy (non-hydrogen) atoms. The third-order valence-corrected chi connectivity index (χ3v) is 4.90. The normalized spacial score (nSPS) is 25.5. The molecule has 2 aliphatic heterocycles. The summed E-state index contributed by atoms with van der Waals surface area (Å²) >= 11 is 0. The number of β-lactam (4-membered cyclic amide) rings is 1. The maximum Gasteiger partial charge on any atom is 0.255 e. The van der Waals surface area contributed by atoms with Gasteiger partial charge in [-0.3, -0.25) is 14.5 Å². The quantitative estimate of drug-likeness (QED) is 0.883. The van der Waals surface area contributed by atoms with Crippen LogP contribution in [0.4, 0.5) is 5.69 Å². The molecule has 2 heterocycles. The minimum absolute atomic E-state index is 0.0487. The van der Waals surface area contributed by atoms with Crippen LogP contribution >= 0.6 is 0 Å². The molecule has 0 bridgehead atoms. The van der Waals surface area contributed by atoms with Crippen molar-refractivity contribution in [3.63, 3.8) is 0 Å². The van der Waals surface area contributed by atoms with Gasteiger partial charge in [0.25, 0.3) is 5.91 Å². The molecule has 0 saturated carbocycles. The van der Waals surface area contributed by atoms with Crippen LogP contribution in [-0.4, -0.2) is 24.5 Å². The van der Waals surface area contributed by atoms with Gasteiger partial charge >= 0.3 is 0 Å². The van der Waals surface area contributed by atoms with Crippen molar-refractivity contribution in [2.24, 2.45) is 0 Å². The number of anilines is 1. The maximum absolute atomic E-state index is 12.9. The molecular formula is C19H18N2O3. The fourth-order valence-corrected chi connectivity index (χ4v) is 3.73. The van der Waals surface area contributed by atoms with Gasteiger partial charge < -0.3 is 10.1 Å². The van der Waals surface area contributed by atoms with Gasteiger partial charge in [-0.1, -0.05) is 30.3 Å². The van der Waals surface area contributed by atoms with Crippen LogP contribution in [0.15, 0.2) is 54.6 Å². The van der Waals surface area contributed by atoms with Crippen molar-refractivity contribution >= 4 is 17.5 Å². The Morgan fingerprint density at radius 2 is 1.79 bits per heavy atom. The lowest BCUT2D eigenvalue weighted by Crippen LogP contribution is -2.73. The highest BCUT2D eigenvalue weighted by molar-refractivity contribution is 6.12. The van der Waals surface area contributed by atoms with E-state index in [4.69, 9.17) is 4.74 Å². The fourth-order valence-electron chi connectivity index (χ4n) is 3.73. The van der Waals surface area contributed by atoms with Gasteiger partial charge in [0, 0.05) is 12.1 Å². The second-order valence-corrected chi connectivity index (χ2v) is 6.21. The van der Waals surface area contributed by atoms with Gasteiger partial charge in [0.1, 0.15) is 11.3 Å². The Bertz CT molecular complexity index is 788. The number of amides is 2. The lowest BCUT2D eigenvalue weighted by Gasteiger charge is -2.54. The van der Waals surface area contributed by atoms with E-state index in [1.165, 1.54) is 0 Å². The third kappa shape index (κ3) is 2.01. The summed E-state index contributed by atoms with van der Waals surface area (Å²) in [6, 6.07) is 17.1. The number of ether oxygens (including phenoxy) is 1. The zero-order chi connectivity index (χ0) is 16.7. The van der Waals surface area contributed by atoms with Gasteiger partial charge in [0.05, 0.1) is 13.2 Å². The molecule has 2 unspecified atom stereocenters. The van der Waals surface area contributed by atoms with E-state index in [0.29, 0.717) is 12.8 Å². The highest BCUT2D eigenvalue weighted by Crippen LogP contribution is 2.50. The summed E-state index contributed by atoms with van der Waals surface area (Å²) < 4.78 is 5.19. The molecule has 4 rings (SSSR count). The van der Waals surface area contributed by atoms with Gasteiger partial charge in [0.15, 0.2) is 0 Å². The molecule has 122 valence electrons. The molecule has 2 atom stereocenters. The number of nitrogens with one attached hydrogen (secondary N) is 1. The Morgan fingerprint density at radius 3 is 2.38 bits per heavy atom. The Morgan fingerprint density at radius 1 is 1.08 bits per heavy atom. The van der Waals surface area contributed by atoms with E-state index in [1.807, 2.05) is 54.6 Å². The van der Waals surface area contributed by atoms with Crippen molar-refractivity contribution in [1.82, 2.24) is 5.32 Å². The molecule has 2 saturated heterocycles. The number of hydrogen-bond acceptors (Lipinski definition) is 3. The Kier molecular flexibility index (Phi) is 3.30. The molecule has 1 spiro atoms. The standard InChI is InChI=1S/C19H18N2O3/c1-24-15-9-7-14(8-10-15)21-17(13-5-3-2-4-6-13)19(18(21)23)12-11-16(22)20-19/h2-10,17H,11-12H2,1H3,(H,20,22). The van der Waals surface area contributed by atoms with Crippen LogP contribution in [-0.2, 0) is 9.59 Å². The molecule has 1 N–H and O–H groups in total. The number of hydrogen-bond donors (Lipinski definition) is 1. The Balaban J connectivity index is 1.75. The Labute approximate surface area is 140 Å². The molecular weight excluding hydrogens is 304 g/mol. The van der Waals surface area contributed by atoms with Gasteiger partial charge in [-0.15, -0.1) is 0 Å². The highest BCUT2D eigenvalue weighted by atomic mass is 16.5. The van der Waals surface area contributed by atoms with E-state index in [2.05, 4.69) is 5.32 Å². The number of nitrogens with zero attached hydrogens (tertiary/aromatic N) is 1. The third-order valence-electron chi connectivity index (χ3n) is 4.90. The molecule has 0 aliphatic carbocycles. The number of carbonyl (C=O) groups excluding carboxylic acids is 2. The molecule has 0 radical (unpaired) electrons. The monoisotopic (exact) mass is 322 g/mol. The minimum Gasteiger partial charge on any atom is -0.497 e. The van der Waals surface area contributed by atoms with E-state index in [0.717, 1.165) is 17.0 Å². The minimum atomic E-state index is -0.807. The van der Waals surface area contributed by atoms with E-state index in [1.54, 1.807) is 12.0 Å². The lowest BCUT2D eigenvalue weighted by atomic mass is 9.73. The maximum atomic E-state index is 12.9. The summed E-state index contributed by atoms with van der Waals surface area (Å²) in [4.78, 5) is 26.5. The van der Waals surface area contributed by atoms with E-state index < -0.39 is 5.54 Å². The van der Waals surface area contributed by atoms with Crippen molar-refractivity contribution in [2.45, 2.75) is 24.4 Å². The summed E-state index contributed by atoms with van der Waals surface area (Å²) in [5.74, 6) is 0.637. The lowest BCUT2D eigenvalue weighted by molar-refractivity contribution is -0.136. The van der Waals surface area contributed by atoms with Gasteiger partial charge in [-0.2, -0.15) is 0 Å². The van der Waals surface area contributed by atoms with Gasteiger partial charge in [0.2, 0.25) is 5.91 Å². The number of benzene rings is 2. The summed E-state index contributed by atoms with van der Waals surface area (Å²) in [6.45, 7) is 0. The first-order valence-electron chi connectivity index (χ1n) is 7.99. The van der Waals surface area contributed by atoms with E-state index >= 15 is 0 Å². The van der Waals surface area contributed by atoms with Crippen molar-refractivity contribution in [3.05, 3.63) is 60.2 Å². The van der Waals surface area contributed by atoms with Crippen molar-refractivity contribution < 1.29 is 14.3 Å². The molecule has 2 aliphatic rings. The molecule has 2 aromatic carbocycles. The van der Waals surface area contributed by atoms with E-state index in [-0.39, 0.29) is 17.9 Å². The average Bonchev–Trinajstić information content (AvgIpc) is 3.04. The average molecular weight is 322 g/mol. The second-order valence-electron chi connectivity index (χ2n) is 6.21. The van der Waals surface area contributed by atoms with Crippen LogP contribution in [0.5, 0.6) is 5.75 Å². The predicted molar refractivity (Wildman–Crippen MR) is 89.8 cm³/mol. The highest BCUT2D eigenvalue weighted by Gasteiger charge is 2.64. The van der Waals surface area contributed by atoms with Crippen LogP contribution in [0.2, 0.25) is 0 Å². The molecule has 5 nitrogen and oxygen atoms in total. The van der Waals surface area contributed by atoms with Crippen molar-refractivity contribution in [2.75, 3.05) is 12.0 Å². The van der Waals surface area contributed by atoms with E-state index in [9.17, 15) is 9.59 Å². The van der Waals surface area contributed by atoms with Gasteiger partial charge in [-0.05, 0) is 36.2 Å². The zero-order valence-corrected chi connectivity index (χ0v) is 13.4. The molecule has 2 fully saturated rings. The fraction of sp³-hybridized carbons (Fsp3) is 0.263. The number of carbonyl (C=O) groups is 2. The van der Waals surface area contributed by atoms with Crippen LogP contribution in [0, 0.1) is 0 Å². The Hall–Kier alpha value is -2.82. The predicted octanol–water partition coefficient (Wildman–Crippen LogP) is 2.43. The molecule has 0 aromatic heterocycles. The summed E-state index contributed by atoms with van der Waals surface area (Å²) in [5, 5.41) is 2.93. The van der Waals surface area contributed by atoms with Crippen molar-refractivity contribution in [1.29, 1.82) is 0 Å². The second kappa shape index (κ2) is 5.37. The molecule has 5 heteroatoms. The smallest absolute Gasteiger partial charge is 0.255 e. The summed E-state index contributed by atoms with van der Waals surface area (Å²) in [6.07, 6.45) is 0.933. The van der Waals surface area contributed by atoms with Crippen molar-refractivity contribution in [3.8, 4) is 5.75 Å². The number of rotatable bonds is 3. The largest absolute Gasteiger partial charge is 0.497 e. The first-order chi connectivity index (χ1) is 11.7. The zero-order valence-electron chi connectivity index (χ0n) is 13.4. The van der Waals surface area contributed by atoms with Crippen LogP contribution in [0.25, 0.3) is 0 Å². The topological polar surface area (TPSA) is 58.6 Å². The van der Waals surface area contributed by atoms with Gasteiger partial charge in [-0.25, -0.2) is 0 Å². The molecule has 2 aromatic rings. The SMILES string of the molecule is COc1ccc(N2C(=O)C3(CCC(=O)N3)C2c2ccccc2)cc1. The molecule has 2 amide bonds. The summed E-state index contributed by atoms with van der Waals surface area (Å²) in [7, 11) is 1.61.